The lowest BCUT2D eigenvalue weighted by molar-refractivity contribution is 0.102. The summed E-state index contributed by atoms with van der Waals surface area (Å²) in [5, 5.41) is 3.01. The summed E-state index contributed by atoms with van der Waals surface area (Å²) < 4.78 is 6.79. The van der Waals surface area contributed by atoms with E-state index in [2.05, 4.69) is 33.4 Å². The van der Waals surface area contributed by atoms with Gasteiger partial charge in [-0.3, -0.25) is 4.79 Å². The van der Waals surface area contributed by atoms with Gasteiger partial charge in [0, 0.05) is 15.7 Å². The van der Waals surface area contributed by atoms with Crippen molar-refractivity contribution in [1.29, 1.82) is 0 Å². The Morgan fingerprint density at radius 1 is 0.963 bits per heavy atom. The van der Waals surface area contributed by atoms with Gasteiger partial charge in [-0.2, -0.15) is 0 Å². The van der Waals surface area contributed by atoms with Crippen LogP contribution in [0, 0.1) is 0 Å². The zero-order chi connectivity index (χ0) is 18.6. The first kappa shape index (κ1) is 17.8. The van der Waals surface area contributed by atoms with Gasteiger partial charge in [-0.25, -0.2) is 0 Å². The van der Waals surface area contributed by atoms with E-state index in [0.29, 0.717) is 12.2 Å². The van der Waals surface area contributed by atoms with E-state index in [1.165, 1.54) is 17.5 Å². The van der Waals surface area contributed by atoms with Gasteiger partial charge in [-0.1, -0.05) is 40.2 Å². The summed E-state index contributed by atoms with van der Waals surface area (Å²) in [5.74, 6) is 0.689. The van der Waals surface area contributed by atoms with Crippen molar-refractivity contribution < 1.29 is 9.53 Å². The first-order valence-corrected chi connectivity index (χ1v) is 9.87. The second-order valence-corrected chi connectivity index (χ2v) is 7.65. The van der Waals surface area contributed by atoms with Crippen LogP contribution in [-0.4, -0.2) is 5.91 Å². The Hall–Kier alpha value is -2.59. The molecular weight excluding hydrogens is 402 g/mol. The minimum Gasteiger partial charge on any atom is -0.489 e. The SMILES string of the molecule is O=C(Nc1ccc2c(c1)CCC2)c1cccc(COc2cccc(Br)c2)c1. The molecule has 1 N–H and O–H groups in total. The smallest absolute Gasteiger partial charge is 0.255 e. The molecule has 0 bridgehead atoms. The summed E-state index contributed by atoms with van der Waals surface area (Å²) in [6.45, 7) is 0.413. The second-order valence-electron chi connectivity index (χ2n) is 6.74. The van der Waals surface area contributed by atoms with Crippen molar-refractivity contribution in [2.45, 2.75) is 25.9 Å². The van der Waals surface area contributed by atoms with Crippen LogP contribution in [0.4, 0.5) is 5.69 Å². The van der Waals surface area contributed by atoms with Crippen LogP contribution in [0.25, 0.3) is 0 Å². The Morgan fingerprint density at radius 3 is 2.70 bits per heavy atom. The molecule has 1 amide bonds. The predicted molar refractivity (Wildman–Crippen MR) is 111 cm³/mol. The van der Waals surface area contributed by atoms with E-state index in [9.17, 15) is 4.79 Å². The normalized spacial score (nSPS) is 12.5. The van der Waals surface area contributed by atoms with Crippen LogP contribution >= 0.6 is 15.9 Å². The molecule has 0 saturated carbocycles. The molecule has 3 aromatic rings. The number of hydrogen-bond donors (Lipinski definition) is 1. The Kier molecular flexibility index (Phi) is 5.26. The molecule has 0 atom stereocenters. The number of amides is 1. The highest BCUT2D eigenvalue weighted by atomic mass is 79.9. The monoisotopic (exact) mass is 421 g/mol. The summed E-state index contributed by atoms with van der Waals surface area (Å²) in [7, 11) is 0. The molecule has 0 fully saturated rings. The van der Waals surface area contributed by atoms with Crippen molar-refractivity contribution in [3.05, 3.63) is 93.5 Å². The quantitative estimate of drug-likeness (QED) is 0.567. The van der Waals surface area contributed by atoms with Crippen molar-refractivity contribution in [2.24, 2.45) is 0 Å². The summed E-state index contributed by atoms with van der Waals surface area (Å²) in [6.07, 6.45) is 3.44. The van der Waals surface area contributed by atoms with Crippen molar-refractivity contribution >= 4 is 27.5 Å². The number of anilines is 1. The lowest BCUT2D eigenvalue weighted by Crippen LogP contribution is -2.12. The number of carbonyl (C=O) groups is 1. The fraction of sp³-hybridized carbons (Fsp3) is 0.174. The minimum atomic E-state index is -0.0998. The summed E-state index contributed by atoms with van der Waals surface area (Å²) in [5.41, 5.74) is 5.20. The van der Waals surface area contributed by atoms with Gasteiger partial charge >= 0.3 is 0 Å². The maximum Gasteiger partial charge on any atom is 0.255 e. The first-order valence-electron chi connectivity index (χ1n) is 9.08. The predicted octanol–water partition coefficient (Wildman–Crippen LogP) is 5.77. The lowest BCUT2D eigenvalue weighted by atomic mass is 10.1. The molecule has 1 aliphatic carbocycles. The third-order valence-electron chi connectivity index (χ3n) is 4.75. The van der Waals surface area contributed by atoms with Crippen molar-refractivity contribution in [3.8, 4) is 5.75 Å². The first-order chi connectivity index (χ1) is 13.2. The van der Waals surface area contributed by atoms with Crippen LogP contribution in [0.1, 0.15) is 33.5 Å². The molecule has 0 spiro atoms. The Labute approximate surface area is 167 Å². The van der Waals surface area contributed by atoms with Crippen LogP contribution < -0.4 is 10.1 Å². The maximum atomic E-state index is 12.6. The largest absolute Gasteiger partial charge is 0.489 e. The molecule has 0 aliphatic heterocycles. The van der Waals surface area contributed by atoms with E-state index in [4.69, 9.17) is 4.74 Å². The molecule has 27 heavy (non-hydrogen) atoms. The third-order valence-corrected chi connectivity index (χ3v) is 5.24. The van der Waals surface area contributed by atoms with E-state index >= 15 is 0 Å². The van der Waals surface area contributed by atoms with Gasteiger partial charge in [0.05, 0.1) is 0 Å². The Morgan fingerprint density at radius 2 is 1.81 bits per heavy atom. The maximum absolute atomic E-state index is 12.6. The molecule has 4 heteroatoms. The van der Waals surface area contributed by atoms with Crippen LogP contribution in [0.15, 0.2) is 71.2 Å². The average molecular weight is 422 g/mol. The number of ether oxygens (including phenoxy) is 1. The summed E-state index contributed by atoms with van der Waals surface area (Å²) in [6, 6.07) is 21.5. The van der Waals surface area contributed by atoms with Gasteiger partial charge in [0.15, 0.2) is 0 Å². The molecule has 1 aliphatic rings. The zero-order valence-corrected chi connectivity index (χ0v) is 16.5. The Balaban J connectivity index is 1.43. The van der Waals surface area contributed by atoms with Crippen LogP contribution in [0.2, 0.25) is 0 Å². The number of aryl methyl sites for hydroxylation is 2. The molecule has 0 unspecified atom stereocenters. The molecule has 3 nitrogen and oxygen atoms in total. The molecule has 136 valence electrons. The molecule has 4 rings (SSSR count). The average Bonchev–Trinajstić information content (AvgIpc) is 3.14. The molecule has 0 aromatic heterocycles. The van der Waals surface area contributed by atoms with Gasteiger partial charge in [-0.05, 0) is 78.4 Å². The van der Waals surface area contributed by atoms with Crippen molar-refractivity contribution in [1.82, 2.24) is 0 Å². The van der Waals surface area contributed by atoms with Crippen LogP contribution in [-0.2, 0) is 19.4 Å². The molecule has 3 aromatic carbocycles. The van der Waals surface area contributed by atoms with Crippen molar-refractivity contribution in [2.75, 3.05) is 5.32 Å². The van der Waals surface area contributed by atoms with Gasteiger partial charge in [0.25, 0.3) is 5.91 Å². The highest BCUT2D eigenvalue weighted by Crippen LogP contribution is 2.25. The number of fused-ring (bicyclic) bond motifs is 1. The van der Waals surface area contributed by atoms with Crippen LogP contribution in [0.5, 0.6) is 5.75 Å². The van der Waals surface area contributed by atoms with E-state index in [1.807, 2.05) is 54.6 Å². The second kappa shape index (κ2) is 7.97. The minimum absolute atomic E-state index is 0.0998. The van der Waals surface area contributed by atoms with E-state index < -0.39 is 0 Å². The number of benzene rings is 3. The summed E-state index contributed by atoms with van der Waals surface area (Å²) >= 11 is 3.44. The fourth-order valence-corrected chi connectivity index (χ4v) is 3.76. The molecular formula is C23H20BrNO2. The summed E-state index contributed by atoms with van der Waals surface area (Å²) in [4.78, 5) is 12.6. The van der Waals surface area contributed by atoms with E-state index in [1.54, 1.807) is 0 Å². The molecule has 0 saturated heterocycles. The molecule has 0 radical (unpaired) electrons. The standard InChI is InChI=1S/C23H20BrNO2/c24-20-8-3-9-22(14-20)27-15-16-4-1-7-19(12-16)23(26)25-21-11-10-17-5-2-6-18(17)13-21/h1,3-4,7-14H,2,5-6,15H2,(H,25,26). The lowest BCUT2D eigenvalue weighted by Gasteiger charge is -2.10. The fourth-order valence-electron chi connectivity index (χ4n) is 3.38. The highest BCUT2D eigenvalue weighted by Gasteiger charge is 2.13. The number of carbonyl (C=O) groups excluding carboxylic acids is 1. The third kappa shape index (κ3) is 4.40. The number of halogens is 1. The van der Waals surface area contributed by atoms with Gasteiger partial charge in [-0.15, -0.1) is 0 Å². The topological polar surface area (TPSA) is 38.3 Å². The van der Waals surface area contributed by atoms with Gasteiger partial charge in [0.2, 0.25) is 0 Å². The number of rotatable bonds is 5. The zero-order valence-electron chi connectivity index (χ0n) is 14.9. The van der Waals surface area contributed by atoms with E-state index in [-0.39, 0.29) is 5.91 Å². The van der Waals surface area contributed by atoms with Gasteiger partial charge in [0.1, 0.15) is 12.4 Å². The van der Waals surface area contributed by atoms with Crippen LogP contribution in [0.3, 0.4) is 0 Å². The number of hydrogen-bond acceptors (Lipinski definition) is 2. The van der Waals surface area contributed by atoms with E-state index in [0.717, 1.165) is 34.3 Å². The van der Waals surface area contributed by atoms with Gasteiger partial charge < -0.3 is 10.1 Å². The van der Waals surface area contributed by atoms with Crippen molar-refractivity contribution in [3.63, 3.8) is 0 Å². The Bertz CT molecular complexity index is 984. The highest BCUT2D eigenvalue weighted by molar-refractivity contribution is 9.10. The molecule has 0 heterocycles. The number of nitrogens with one attached hydrogen (secondary N) is 1.